The highest BCUT2D eigenvalue weighted by molar-refractivity contribution is 9.10. The number of fused-ring (bicyclic) bond motifs is 1. The molecular weight excluding hydrogens is 528 g/mol. The molecule has 1 saturated heterocycles. The molecule has 5 nitrogen and oxygen atoms in total. The molecule has 2 heterocycles. The van der Waals surface area contributed by atoms with Crippen molar-refractivity contribution in [2.75, 3.05) is 23.3 Å². The molecule has 1 aliphatic heterocycles. The number of hydrogen-bond acceptors (Lipinski definition) is 5. The summed E-state index contributed by atoms with van der Waals surface area (Å²) in [5, 5.41) is 13.8. The van der Waals surface area contributed by atoms with Crippen molar-refractivity contribution in [3.63, 3.8) is 0 Å². The maximum absolute atomic E-state index is 13.4. The molecule has 0 bridgehead atoms. The van der Waals surface area contributed by atoms with Gasteiger partial charge in [0.05, 0.1) is 23.6 Å². The van der Waals surface area contributed by atoms with Gasteiger partial charge < -0.3 is 19.7 Å². The predicted molar refractivity (Wildman–Crippen MR) is 162 cm³/mol. The van der Waals surface area contributed by atoms with Gasteiger partial charge in [-0.25, -0.2) is 0 Å². The lowest BCUT2D eigenvalue weighted by Crippen LogP contribution is -2.38. The average molecular weight is 574 g/mol. The molecule has 3 aromatic rings. The number of nitrogens with zero attached hydrogens (tertiary/aromatic N) is 1. The number of benzene rings is 2. The molecule has 0 radical (unpaired) electrons. The molecule has 0 spiro atoms. The Morgan fingerprint density at radius 3 is 2.32 bits per heavy atom. The lowest BCUT2D eigenvalue weighted by molar-refractivity contribution is 0.274. The molecule has 0 amide bonds. The molecule has 0 aliphatic carbocycles. The molecular formula is C31H45BrN2O3. The third-order valence-corrected chi connectivity index (χ3v) is 7.79. The first-order chi connectivity index (χ1) is 17.6. The van der Waals surface area contributed by atoms with Crippen LogP contribution in [0.5, 0.6) is 0 Å². The van der Waals surface area contributed by atoms with Gasteiger partial charge >= 0.3 is 0 Å². The first-order valence-corrected chi connectivity index (χ1v) is 14.4. The van der Waals surface area contributed by atoms with E-state index in [4.69, 9.17) is 4.42 Å². The van der Waals surface area contributed by atoms with Crippen molar-refractivity contribution >= 4 is 38.5 Å². The van der Waals surface area contributed by atoms with Gasteiger partial charge in [0.2, 0.25) is 5.88 Å². The summed E-state index contributed by atoms with van der Waals surface area (Å²) in [6, 6.07) is 9.67. The Morgan fingerprint density at radius 1 is 1.11 bits per heavy atom. The molecule has 0 saturated carbocycles. The number of hydrogen-bond donors (Lipinski definition) is 2. The summed E-state index contributed by atoms with van der Waals surface area (Å²) in [5.74, 6) is 0.698. The van der Waals surface area contributed by atoms with Gasteiger partial charge in [-0.3, -0.25) is 4.79 Å². The fraction of sp³-hybridized carbons (Fsp3) is 0.516. The second-order valence-corrected chi connectivity index (χ2v) is 10.8. The summed E-state index contributed by atoms with van der Waals surface area (Å²) in [6.45, 7) is 20.3. The van der Waals surface area contributed by atoms with Crippen molar-refractivity contribution in [2.45, 2.75) is 87.8 Å². The van der Waals surface area contributed by atoms with Crippen molar-refractivity contribution in [1.29, 1.82) is 0 Å². The molecule has 1 aromatic heterocycles. The minimum absolute atomic E-state index is 0.0386. The number of halogens is 1. The summed E-state index contributed by atoms with van der Waals surface area (Å²) < 4.78 is 7.37. The summed E-state index contributed by atoms with van der Waals surface area (Å²) in [6.07, 6.45) is 2.14. The predicted octanol–water partition coefficient (Wildman–Crippen LogP) is 8.52. The second-order valence-electron chi connectivity index (χ2n) is 10.0. The number of rotatable bonds is 5. The minimum Gasteiger partial charge on any atom is -0.440 e. The fourth-order valence-corrected chi connectivity index (χ4v) is 5.12. The Balaban J connectivity index is 0.00000115. The summed E-state index contributed by atoms with van der Waals surface area (Å²) in [7, 11) is 0. The Labute approximate surface area is 231 Å². The fourth-order valence-electron chi connectivity index (χ4n) is 4.62. The molecule has 204 valence electrons. The molecule has 4 rings (SSSR count). The Morgan fingerprint density at radius 2 is 1.73 bits per heavy atom. The number of nitrogens with one attached hydrogen (secondary N) is 1. The summed E-state index contributed by atoms with van der Waals surface area (Å²) >= 11 is 3.60. The monoisotopic (exact) mass is 572 g/mol. The third-order valence-electron chi connectivity index (χ3n) is 6.86. The van der Waals surface area contributed by atoms with Gasteiger partial charge in [0.1, 0.15) is 5.58 Å². The summed E-state index contributed by atoms with van der Waals surface area (Å²) in [4.78, 5) is 15.6. The maximum atomic E-state index is 13.4. The molecule has 2 aromatic carbocycles. The van der Waals surface area contributed by atoms with Crippen LogP contribution in [0.25, 0.3) is 11.0 Å². The first-order valence-electron chi connectivity index (χ1n) is 13.6. The van der Waals surface area contributed by atoms with E-state index in [1.165, 1.54) is 0 Å². The van der Waals surface area contributed by atoms with Gasteiger partial charge in [-0.05, 0) is 78.2 Å². The molecule has 6 heteroatoms. The Bertz CT molecular complexity index is 1240. The molecule has 1 atom stereocenters. The average Bonchev–Trinajstić information content (AvgIpc) is 2.90. The maximum Gasteiger partial charge on any atom is 0.202 e. The van der Waals surface area contributed by atoms with Crippen molar-refractivity contribution in [2.24, 2.45) is 5.41 Å². The van der Waals surface area contributed by atoms with E-state index in [2.05, 4.69) is 53.0 Å². The van der Waals surface area contributed by atoms with Crippen LogP contribution in [0, 0.1) is 19.3 Å². The molecule has 2 N–H and O–H groups in total. The van der Waals surface area contributed by atoms with Crippen LogP contribution >= 0.6 is 15.9 Å². The highest BCUT2D eigenvalue weighted by Crippen LogP contribution is 2.36. The number of anilines is 2. The van der Waals surface area contributed by atoms with Crippen molar-refractivity contribution < 1.29 is 9.52 Å². The number of aliphatic hydroxyl groups excluding tert-OH is 1. The standard InChI is InChI=1S/C27H33BrN2O3.2C2H6/c1-16-13-20(18(3)29-22-8-6-7-19(15-31)23(22)28)25-21(14-16)24(32)17(2)26(33-25)30-11-9-27(4,5)10-12-30;2*1-2/h6-8,13-14,18,29,31H,9-12,15H2,1-5H3;2*1-2H3. The Hall–Kier alpha value is -2.31. The topological polar surface area (TPSA) is 65.7 Å². The molecule has 37 heavy (non-hydrogen) atoms. The zero-order valence-electron chi connectivity index (χ0n) is 24.1. The molecule has 1 aliphatic rings. The van der Waals surface area contributed by atoms with E-state index in [1.54, 1.807) is 0 Å². The van der Waals surface area contributed by atoms with Crippen LogP contribution in [-0.4, -0.2) is 18.2 Å². The van der Waals surface area contributed by atoms with E-state index in [-0.39, 0.29) is 18.1 Å². The van der Waals surface area contributed by atoms with Gasteiger partial charge in [-0.15, -0.1) is 0 Å². The van der Waals surface area contributed by atoms with Crippen molar-refractivity contribution in [1.82, 2.24) is 0 Å². The van der Waals surface area contributed by atoms with E-state index in [9.17, 15) is 9.90 Å². The second kappa shape index (κ2) is 13.5. The van der Waals surface area contributed by atoms with Gasteiger partial charge in [0, 0.05) is 28.8 Å². The SMILES string of the molecule is CC.CC.Cc1cc(C(C)Nc2cccc(CO)c2Br)c2oc(N3CCC(C)(C)CC3)c(C)c(=O)c2c1. The first kappa shape index (κ1) is 30.9. The smallest absolute Gasteiger partial charge is 0.202 e. The number of aryl methyl sites for hydroxylation is 1. The van der Waals surface area contributed by atoms with Crippen molar-refractivity contribution in [3.05, 3.63) is 67.3 Å². The van der Waals surface area contributed by atoms with E-state index in [0.29, 0.717) is 27.8 Å². The van der Waals surface area contributed by atoms with Crippen LogP contribution < -0.4 is 15.6 Å². The Kier molecular flexibility index (Phi) is 11.3. The highest BCUT2D eigenvalue weighted by atomic mass is 79.9. The zero-order valence-corrected chi connectivity index (χ0v) is 25.7. The van der Waals surface area contributed by atoms with Crippen LogP contribution in [0.2, 0.25) is 0 Å². The van der Waals surface area contributed by atoms with Crippen molar-refractivity contribution in [3.8, 4) is 0 Å². The number of piperidine rings is 1. The normalized spacial score (nSPS) is 15.3. The lowest BCUT2D eigenvalue weighted by atomic mass is 9.82. The lowest BCUT2D eigenvalue weighted by Gasteiger charge is -2.37. The summed E-state index contributed by atoms with van der Waals surface area (Å²) in [5.41, 5.74) is 5.35. The largest absolute Gasteiger partial charge is 0.440 e. The van der Waals surface area contributed by atoms with Gasteiger partial charge in [-0.2, -0.15) is 0 Å². The quantitative estimate of drug-likeness (QED) is 0.320. The van der Waals surface area contributed by atoms with Crippen LogP contribution in [0.4, 0.5) is 11.6 Å². The van der Waals surface area contributed by atoms with E-state index >= 15 is 0 Å². The van der Waals surface area contributed by atoms with Crippen LogP contribution in [-0.2, 0) is 6.61 Å². The molecule has 1 fully saturated rings. The van der Waals surface area contributed by atoms with Crippen LogP contribution in [0.15, 0.2) is 44.0 Å². The van der Waals surface area contributed by atoms with E-state index < -0.39 is 0 Å². The zero-order chi connectivity index (χ0) is 27.9. The van der Waals surface area contributed by atoms with Crippen LogP contribution in [0.3, 0.4) is 0 Å². The van der Waals surface area contributed by atoms with Gasteiger partial charge in [-0.1, -0.05) is 59.7 Å². The van der Waals surface area contributed by atoms with Gasteiger partial charge in [0.15, 0.2) is 5.43 Å². The molecule has 1 unspecified atom stereocenters. The number of aliphatic hydroxyl groups is 1. The van der Waals surface area contributed by atoms with E-state index in [1.807, 2.05) is 65.8 Å². The minimum atomic E-state index is -0.114. The highest BCUT2D eigenvalue weighted by Gasteiger charge is 2.28. The van der Waals surface area contributed by atoms with E-state index in [0.717, 1.165) is 52.8 Å². The third kappa shape index (κ3) is 6.97. The van der Waals surface area contributed by atoms with Crippen LogP contribution in [0.1, 0.15) is 89.6 Å². The van der Waals surface area contributed by atoms with Gasteiger partial charge in [0.25, 0.3) is 0 Å².